The standard InChI is InChI=1S/C9H17N3/c1-11-9(6-7-10)12(2)8-4-3-5-8/h6-8,10-11H,3-5H2,1-2H3/b9-6+,10-7?. The highest BCUT2D eigenvalue weighted by atomic mass is 15.2. The van der Waals surface area contributed by atoms with E-state index in [4.69, 9.17) is 5.41 Å². The van der Waals surface area contributed by atoms with Crippen LogP contribution in [0.4, 0.5) is 0 Å². The molecule has 1 saturated carbocycles. The molecule has 0 unspecified atom stereocenters. The zero-order valence-corrected chi connectivity index (χ0v) is 7.80. The third kappa shape index (κ3) is 1.78. The van der Waals surface area contributed by atoms with Gasteiger partial charge in [-0.3, -0.25) is 0 Å². The molecule has 1 aliphatic rings. The van der Waals surface area contributed by atoms with Crippen molar-refractivity contribution >= 4 is 6.21 Å². The van der Waals surface area contributed by atoms with Crippen LogP contribution in [0.1, 0.15) is 19.3 Å². The Morgan fingerprint density at radius 1 is 1.58 bits per heavy atom. The molecule has 1 rings (SSSR count). The van der Waals surface area contributed by atoms with E-state index in [0.717, 1.165) is 5.82 Å². The molecule has 3 nitrogen and oxygen atoms in total. The summed E-state index contributed by atoms with van der Waals surface area (Å²) in [6.45, 7) is 0. The monoisotopic (exact) mass is 167 g/mol. The first-order valence-electron chi connectivity index (χ1n) is 4.41. The average Bonchev–Trinajstić information content (AvgIpc) is 1.96. The zero-order valence-electron chi connectivity index (χ0n) is 7.80. The van der Waals surface area contributed by atoms with Gasteiger partial charge in [0.15, 0.2) is 0 Å². The maximum Gasteiger partial charge on any atom is 0.102 e. The van der Waals surface area contributed by atoms with Gasteiger partial charge in [0, 0.05) is 26.4 Å². The summed E-state index contributed by atoms with van der Waals surface area (Å²) in [5, 5.41) is 10.1. The van der Waals surface area contributed by atoms with Gasteiger partial charge in [-0.25, -0.2) is 0 Å². The van der Waals surface area contributed by atoms with Crippen LogP contribution in [0.3, 0.4) is 0 Å². The molecule has 3 heteroatoms. The Kier molecular flexibility index (Phi) is 3.14. The van der Waals surface area contributed by atoms with Gasteiger partial charge in [-0.2, -0.15) is 0 Å². The van der Waals surface area contributed by atoms with E-state index in [1.165, 1.54) is 25.5 Å². The van der Waals surface area contributed by atoms with Crippen LogP contribution in [0, 0.1) is 5.41 Å². The van der Waals surface area contributed by atoms with Crippen LogP contribution in [-0.2, 0) is 0 Å². The molecule has 2 N–H and O–H groups in total. The summed E-state index contributed by atoms with van der Waals surface area (Å²) in [6, 6.07) is 0.684. The molecule has 0 heterocycles. The summed E-state index contributed by atoms with van der Waals surface area (Å²) < 4.78 is 0. The minimum atomic E-state index is 0.684. The lowest BCUT2D eigenvalue weighted by Gasteiger charge is -2.37. The lowest BCUT2D eigenvalue weighted by molar-refractivity contribution is 0.192. The fourth-order valence-corrected chi connectivity index (χ4v) is 1.43. The van der Waals surface area contributed by atoms with E-state index in [2.05, 4.69) is 17.3 Å². The van der Waals surface area contributed by atoms with Gasteiger partial charge in [0.25, 0.3) is 0 Å². The third-order valence-electron chi connectivity index (χ3n) is 2.50. The SMILES string of the molecule is CN/C(=C\C=N)N(C)C1CCC1. The maximum atomic E-state index is 6.98. The molecule has 1 fully saturated rings. The van der Waals surface area contributed by atoms with E-state index in [1.807, 2.05) is 7.05 Å². The van der Waals surface area contributed by atoms with Gasteiger partial charge >= 0.3 is 0 Å². The van der Waals surface area contributed by atoms with Crippen molar-refractivity contribution < 1.29 is 0 Å². The molecule has 0 aliphatic heterocycles. The molecule has 0 amide bonds. The molecule has 12 heavy (non-hydrogen) atoms. The Morgan fingerprint density at radius 3 is 2.58 bits per heavy atom. The molecule has 0 aromatic carbocycles. The molecule has 0 spiro atoms. The first kappa shape index (κ1) is 9.10. The average molecular weight is 167 g/mol. The first-order chi connectivity index (χ1) is 5.79. The second-order valence-corrected chi connectivity index (χ2v) is 3.16. The van der Waals surface area contributed by atoms with Crippen molar-refractivity contribution in [2.75, 3.05) is 14.1 Å². The van der Waals surface area contributed by atoms with Crippen molar-refractivity contribution in [3.63, 3.8) is 0 Å². The lowest BCUT2D eigenvalue weighted by Crippen LogP contribution is -2.40. The van der Waals surface area contributed by atoms with Crippen LogP contribution < -0.4 is 5.32 Å². The summed E-state index contributed by atoms with van der Waals surface area (Å²) >= 11 is 0. The van der Waals surface area contributed by atoms with Crippen molar-refractivity contribution in [2.45, 2.75) is 25.3 Å². The Labute approximate surface area is 74.0 Å². The fourth-order valence-electron chi connectivity index (χ4n) is 1.43. The minimum Gasteiger partial charge on any atom is -0.375 e. The first-order valence-corrected chi connectivity index (χ1v) is 4.41. The Bertz CT molecular complexity index is 182. The Hall–Kier alpha value is -0.990. The molecule has 68 valence electrons. The molecule has 0 bridgehead atoms. The highest BCUT2D eigenvalue weighted by molar-refractivity contribution is 5.68. The van der Waals surface area contributed by atoms with Crippen LogP contribution in [0.5, 0.6) is 0 Å². The van der Waals surface area contributed by atoms with E-state index >= 15 is 0 Å². The smallest absolute Gasteiger partial charge is 0.102 e. The third-order valence-corrected chi connectivity index (χ3v) is 2.50. The zero-order chi connectivity index (χ0) is 8.97. The number of nitrogens with one attached hydrogen (secondary N) is 2. The molecule has 0 atom stereocenters. The second kappa shape index (κ2) is 4.14. The van der Waals surface area contributed by atoms with E-state index in [0.29, 0.717) is 6.04 Å². The van der Waals surface area contributed by atoms with Crippen LogP contribution in [-0.4, -0.2) is 31.3 Å². The molecule has 0 aromatic heterocycles. The van der Waals surface area contributed by atoms with Gasteiger partial charge < -0.3 is 15.6 Å². The van der Waals surface area contributed by atoms with Crippen LogP contribution in [0.2, 0.25) is 0 Å². The molecule has 0 saturated heterocycles. The highest BCUT2D eigenvalue weighted by Crippen LogP contribution is 2.25. The summed E-state index contributed by atoms with van der Waals surface area (Å²) in [6.07, 6.45) is 7.02. The minimum absolute atomic E-state index is 0.684. The summed E-state index contributed by atoms with van der Waals surface area (Å²) in [4.78, 5) is 2.22. The largest absolute Gasteiger partial charge is 0.375 e. The quantitative estimate of drug-likeness (QED) is 0.617. The summed E-state index contributed by atoms with van der Waals surface area (Å²) in [5.41, 5.74) is 0. The highest BCUT2D eigenvalue weighted by Gasteiger charge is 2.22. The van der Waals surface area contributed by atoms with Crippen molar-refractivity contribution in [3.05, 3.63) is 11.9 Å². The van der Waals surface area contributed by atoms with Crippen molar-refractivity contribution in [1.29, 1.82) is 5.41 Å². The predicted octanol–water partition coefficient (Wildman–Crippen LogP) is 1.18. The Morgan fingerprint density at radius 2 is 2.25 bits per heavy atom. The van der Waals surface area contributed by atoms with Crippen molar-refractivity contribution in [3.8, 4) is 0 Å². The predicted molar refractivity (Wildman–Crippen MR) is 51.3 cm³/mol. The summed E-state index contributed by atoms with van der Waals surface area (Å²) in [7, 11) is 3.97. The van der Waals surface area contributed by atoms with Gasteiger partial charge in [-0.1, -0.05) is 0 Å². The van der Waals surface area contributed by atoms with Crippen molar-refractivity contribution in [2.24, 2.45) is 0 Å². The maximum absolute atomic E-state index is 6.98. The van der Waals surface area contributed by atoms with E-state index in [9.17, 15) is 0 Å². The number of hydrogen-bond donors (Lipinski definition) is 2. The van der Waals surface area contributed by atoms with Gasteiger partial charge in [0.05, 0.1) is 0 Å². The number of hydrogen-bond acceptors (Lipinski definition) is 3. The van der Waals surface area contributed by atoms with Crippen LogP contribution >= 0.6 is 0 Å². The van der Waals surface area contributed by atoms with E-state index in [-0.39, 0.29) is 0 Å². The van der Waals surface area contributed by atoms with Gasteiger partial charge in [-0.15, -0.1) is 0 Å². The number of allylic oxidation sites excluding steroid dienone is 1. The molecular weight excluding hydrogens is 150 g/mol. The molecule has 1 aliphatic carbocycles. The summed E-state index contributed by atoms with van der Waals surface area (Å²) in [5.74, 6) is 1.04. The topological polar surface area (TPSA) is 39.1 Å². The van der Waals surface area contributed by atoms with Crippen LogP contribution in [0.25, 0.3) is 0 Å². The lowest BCUT2D eigenvalue weighted by atomic mass is 9.92. The van der Waals surface area contributed by atoms with Crippen LogP contribution in [0.15, 0.2) is 11.9 Å². The number of nitrogens with zero attached hydrogens (tertiary/aromatic N) is 1. The molecule has 0 radical (unpaired) electrons. The van der Waals surface area contributed by atoms with Gasteiger partial charge in [0.2, 0.25) is 0 Å². The second-order valence-electron chi connectivity index (χ2n) is 3.16. The van der Waals surface area contributed by atoms with Crippen molar-refractivity contribution in [1.82, 2.24) is 10.2 Å². The molecule has 0 aromatic rings. The Balaban J connectivity index is 2.51. The molecular formula is C9H17N3. The number of rotatable bonds is 4. The van der Waals surface area contributed by atoms with E-state index < -0.39 is 0 Å². The van der Waals surface area contributed by atoms with Gasteiger partial charge in [-0.05, 0) is 25.3 Å². The fraction of sp³-hybridized carbons (Fsp3) is 0.667. The van der Waals surface area contributed by atoms with Gasteiger partial charge in [0.1, 0.15) is 5.82 Å². The van der Waals surface area contributed by atoms with E-state index in [1.54, 1.807) is 6.08 Å². The normalized spacial score (nSPS) is 18.3.